The normalized spacial score (nSPS) is 12.0. The molecule has 0 unspecified atom stereocenters. The van der Waals surface area contributed by atoms with Gasteiger partial charge in [-0.3, -0.25) is 26.9 Å². The quantitative estimate of drug-likeness (QED) is 0.157. The molecule has 0 spiro atoms. The van der Waals surface area contributed by atoms with Crippen molar-refractivity contribution in [3.8, 4) is 62.4 Å². The summed E-state index contributed by atoms with van der Waals surface area (Å²) in [4.78, 5) is 31.1. The Labute approximate surface area is 742 Å². The maximum atomic E-state index is 5.31. The van der Waals surface area contributed by atoms with Crippen LogP contribution in [0.3, 0.4) is 0 Å². The zero-order chi connectivity index (χ0) is 85.2. The van der Waals surface area contributed by atoms with E-state index in [4.69, 9.17) is 29.9 Å². The van der Waals surface area contributed by atoms with Crippen LogP contribution in [-0.2, 0) is 0 Å². The molecule has 0 aliphatic rings. The summed E-state index contributed by atoms with van der Waals surface area (Å²) in [5.41, 5.74) is 27.9. The first-order valence-corrected chi connectivity index (χ1v) is 44.0. The predicted molar refractivity (Wildman–Crippen MR) is 539 cm³/mol. The van der Waals surface area contributed by atoms with Gasteiger partial charge >= 0.3 is 0 Å². The van der Waals surface area contributed by atoms with Crippen molar-refractivity contribution in [1.82, 2.24) is 56.8 Å². The molecule has 0 aliphatic carbocycles. The first-order chi connectivity index (χ1) is 64.4. The first-order valence-electron chi connectivity index (χ1n) is 44.0. The Bertz CT molecular complexity index is 9810. The van der Waals surface area contributed by atoms with E-state index >= 15 is 0 Å². The molecule has 0 radical (unpaired) electrons. The van der Waals surface area contributed by atoms with Crippen LogP contribution in [-0.4, -0.2) is 56.8 Å². The Hall–Kier alpha value is -17.7. The van der Waals surface area contributed by atoms with E-state index in [1.807, 2.05) is 36.4 Å². The average Bonchev–Trinajstić information content (AvgIpc) is 1.56. The third-order valence-electron chi connectivity index (χ3n) is 26.4. The Morgan fingerprint density at radius 3 is 0.762 bits per heavy atom. The average molecular weight is 1660 g/mol. The topological polar surface area (TPSA) is 105 Å². The smallest absolute Gasteiger partial charge is 0.221 e. The van der Waals surface area contributed by atoms with Crippen LogP contribution in [0.4, 0.5) is 0 Å². The van der Waals surface area contributed by atoms with E-state index in [9.17, 15) is 0 Å². The summed E-state index contributed by atoms with van der Waals surface area (Å²) >= 11 is 0. The molecule has 604 valence electrons. The predicted octanol–water partition coefficient (Wildman–Crippen LogP) is 29.7. The van der Waals surface area contributed by atoms with Gasteiger partial charge in [0.05, 0.1) is 82.8 Å². The third kappa shape index (κ3) is 11.4. The number of hydrogen-bond acceptors (Lipinski definition) is 6. The van der Waals surface area contributed by atoms with Gasteiger partial charge < -0.3 is 0 Å². The van der Waals surface area contributed by atoms with Crippen LogP contribution < -0.4 is 0 Å². The van der Waals surface area contributed by atoms with Gasteiger partial charge in [-0.15, -0.1) is 0 Å². The Morgan fingerprint density at radius 1 is 0.138 bits per heavy atom. The standard InChI is InChI=1S/C46H28N4.2C36H22N4/c1-2-10-30-25-31(18-17-29(30)9-1)32-19-20-34-27-35(22-21-33(34)26-32)36-23-24-43-39(28-36)37-11-4-7-15-42(37)49(43)46-48-40-13-5-3-12-38(40)45-47-41-14-6-8-16-44(41)50(45)46;1-2-12-25-23(10-1)11-9-15-26(25)24-20-21-33-29(22-24)27-13-4-7-18-32(27)39(33)36-38-30-16-5-3-14-28(30)35-37-31-17-6-8-19-34(31)40(35)36;1-2-10-24-21-25(18-17-23(24)9-1)26-19-20-33-29(22-26)27-11-4-7-15-32(27)39(33)36-38-30-13-5-3-12-28(30)35-37-31-14-6-8-16-34(31)40(35)36/h1-28H;2*1-22H. The molecular formula is C118H72N12. The number of hydrogen-bond donors (Lipinski definition) is 0. The van der Waals surface area contributed by atoms with Crippen molar-refractivity contribution >= 4 is 191 Å². The summed E-state index contributed by atoms with van der Waals surface area (Å²) in [6, 6.07) is 155. The molecular weight excluding hydrogens is 1590 g/mol. The Morgan fingerprint density at radius 2 is 0.385 bits per heavy atom. The summed E-state index contributed by atoms with van der Waals surface area (Å²) in [6.07, 6.45) is 0. The monoisotopic (exact) mass is 1660 g/mol. The third-order valence-corrected chi connectivity index (χ3v) is 26.4. The molecule has 0 atom stereocenters. The molecule has 20 aromatic carbocycles. The number of rotatable bonds is 7. The van der Waals surface area contributed by atoms with Crippen LogP contribution in [0.5, 0.6) is 0 Å². The highest BCUT2D eigenvalue weighted by Crippen LogP contribution is 2.44. The van der Waals surface area contributed by atoms with Crippen molar-refractivity contribution in [1.29, 1.82) is 0 Å². The number of benzene rings is 20. The van der Waals surface area contributed by atoms with Crippen molar-refractivity contribution < 1.29 is 0 Å². The highest BCUT2D eigenvalue weighted by atomic mass is 15.3. The van der Waals surface area contributed by atoms with E-state index in [2.05, 4.69) is 427 Å². The Balaban J connectivity index is 0.000000101. The molecule has 130 heavy (non-hydrogen) atoms. The number of nitrogens with zero attached hydrogens (tertiary/aromatic N) is 12. The fraction of sp³-hybridized carbons (Fsp3) is 0. The van der Waals surface area contributed by atoms with Crippen molar-refractivity contribution in [2.75, 3.05) is 0 Å². The fourth-order valence-electron chi connectivity index (χ4n) is 20.3. The molecule has 12 nitrogen and oxygen atoms in total. The maximum Gasteiger partial charge on any atom is 0.221 e. The van der Waals surface area contributed by atoms with Gasteiger partial charge in [0, 0.05) is 48.5 Å². The van der Waals surface area contributed by atoms with Crippen molar-refractivity contribution in [2.45, 2.75) is 0 Å². The molecule has 0 amide bonds. The highest BCUT2D eigenvalue weighted by Gasteiger charge is 2.26. The van der Waals surface area contributed by atoms with Gasteiger partial charge in [-0.1, -0.05) is 285 Å². The van der Waals surface area contributed by atoms with Crippen molar-refractivity contribution in [3.63, 3.8) is 0 Å². The molecule has 0 saturated carbocycles. The van der Waals surface area contributed by atoms with Crippen LogP contribution in [0.2, 0.25) is 0 Å². The first kappa shape index (κ1) is 72.7. The van der Waals surface area contributed by atoms with E-state index in [0.717, 1.165) is 134 Å². The minimum absolute atomic E-state index is 0.833. The van der Waals surface area contributed by atoms with Gasteiger partial charge in [0.15, 0.2) is 0 Å². The summed E-state index contributed by atoms with van der Waals surface area (Å²) in [6.45, 7) is 0. The number of imidazole rings is 3. The van der Waals surface area contributed by atoms with Gasteiger partial charge in [0.2, 0.25) is 17.8 Å². The van der Waals surface area contributed by atoms with Crippen LogP contribution in [0.1, 0.15) is 0 Å². The minimum atomic E-state index is 0.833. The lowest BCUT2D eigenvalue weighted by Gasteiger charge is -2.13. The van der Waals surface area contributed by atoms with Gasteiger partial charge in [-0.25, -0.2) is 29.9 Å². The molecule has 29 rings (SSSR count). The number of aromatic nitrogens is 12. The van der Waals surface area contributed by atoms with E-state index < -0.39 is 0 Å². The summed E-state index contributed by atoms with van der Waals surface area (Å²) in [7, 11) is 0. The maximum absolute atomic E-state index is 5.31. The van der Waals surface area contributed by atoms with Gasteiger partial charge in [-0.2, -0.15) is 0 Å². The second kappa shape index (κ2) is 28.9. The molecule has 9 aromatic heterocycles. The van der Waals surface area contributed by atoms with Gasteiger partial charge in [0.25, 0.3) is 0 Å². The molecule has 12 heteroatoms. The lowest BCUT2D eigenvalue weighted by molar-refractivity contribution is 0.979. The van der Waals surface area contributed by atoms with Gasteiger partial charge in [-0.05, 0) is 239 Å². The van der Waals surface area contributed by atoms with Crippen LogP contribution in [0.15, 0.2) is 437 Å². The molecule has 0 saturated heterocycles. The minimum Gasteiger partial charge on any atom is -0.279 e. The van der Waals surface area contributed by atoms with Crippen molar-refractivity contribution in [2.24, 2.45) is 0 Å². The SMILES string of the molecule is c1ccc2c(-c3ccc4c(c3)c3ccccc3n4-c3nc4ccccc4c4nc5ccccc5n34)cccc2c1.c1ccc2cc(-c3ccc4c(c3)c3ccccc3n4-c3nc4ccccc4c4nc5ccccc5n34)ccc2c1.c1ccc2cc(-c3ccc4cc(-c5ccc6c(c5)c5ccccc5n6-c5nc6ccccc6c6nc7ccccc7n56)ccc4c3)ccc2c1. The van der Waals surface area contributed by atoms with Gasteiger partial charge in [0.1, 0.15) is 16.9 Å². The lowest BCUT2D eigenvalue weighted by Crippen LogP contribution is -2.06. The summed E-state index contributed by atoms with van der Waals surface area (Å²) in [5, 5.41) is 20.3. The second-order valence-electron chi connectivity index (χ2n) is 33.7. The second-order valence-corrected chi connectivity index (χ2v) is 33.7. The largest absolute Gasteiger partial charge is 0.279 e. The Kier molecular flexibility index (Phi) is 16.2. The van der Waals surface area contributed by atoms with E-state index in [1.165, 1.54) is 120 Å². The molecule has 0 aliphatic heterocycles. The van der Waals surface area contributed by atoms with Crippen LogP contribution in [0, 0.1) is 0 Å². The zero-order valence-corrected chi connectivity index (χ0v) is 69.9. The van der Waals surface area contributed by atoms with E-state index in [-0.39, 0.29) is 0 Å². The lowest BCUT2D eigenvalue weighted by atomic mass is 9.96. The number of fused-ring (bicyclic) bond motifs is 28. The van der Waals surface area contributed by atoms with Crippen molar-refractivity contribution in [3.05, 3.63) is 437 Å². The van der Waals surface area contributed by atoms with Crippen LogP contribution >= 0.6 is 0 Å². The van der Waals surface area contributed by atoms with Crippen LogP contribution in [0.25, 0.3) is 254 Å². The van der Waals surface area contributed by atoms with E-state index in [1.54, 1.807) is 0 Å². The molecule has 0 fully saturated rings. The molecule has 29 aromatic rings. The summed E-state index contributed by atoms with van der Waals surface area (Å²) < 4.78 is 13.5. The number of para-hydroxylation sites is 12. The van der Waals surface area contributed by atoms with E-state index in [0.29, 0.717) is 0 Å². The molecule has 0 bridgehead atoms. The molecule has 9 heterocycles. The zero-order valence-electron chi connectivity index (χ0n) is 69.9. The highest BCUT2D eigenvalue weighted by molar-refractivity contribution is 6.15. The summed E-state index contributed by atoms with van der Waals surface area (Å²) in [5.74, 6) is 2.51. The molecule has 0 N–H and O–H groups in total. The fourth-order valence-corrected chi connectivity index (χ4v) is 20.3.